The second-order valence-corrected chi connectivity index (χ2v) is 6.09. The third-order valence-electron chi connectivity index (χ3n) is 4.51. The van der Waals surface area contributed by atoms with Crippen LogP contribution in [0.25, 0.3) is 0 Å². The first kappa shape index (κ1) is 14.3. The van der Waals surface area contributed by atoms with Crippen molar-refractivity contribution in [3.63, 3.8) is 0 Å². The molecule has 0 bridgehead atoms. The molecule has 1 fully saturated rings. The van der Waals surface area contributed by atoms with Crippen molar-refractivity contribution in [3.8, 4) is 0 Å². The molecule has 1 atom stereocenters. The van der Waals surface area contributed by atoms with E-state index in [0.29, 0.717) is 0 Å². The summed E-state index contributed by atoms with van der Waals surface area (Å²) in [7, 11) is 1.98. The lowest BCUT2D eigenvalue weighted by Gasteiger charge is -2.30. The molecule has 2 aromatic rings. The molecule has 1 heterocycles. The van der Waals surface area contributed by atoms with E-state index in [0.717, 1.165) is 18.9 Å². The molecule has 1 aliphatic carbocycles. The van der Waals surface area contributed by atoms with Crippen LogP contribution < -0.4 is 5.32 Å². The molecule has 3 heteroatoms. The number of benzene rings is 1. The Morgan fingerprint density at radius 3 is 2.76 bits per heavy atom. The van der Waals surface area contributed by atoms with Crippen LogP contribution in [-0.4, -0.2) is 16.3 Å². The standard InChI is InChI=1S/C18H25N3/c1-3-11-19-18(15-12-20-21(2)13-15)17-10-5-4-9-16(17)14-7-6-8-14/h4-5,9-10,12-14,18-19H,3,6-8,11H2,1-2H3. The monoisotopic (exact) mass is 283 g/mol. The van der Waals surface area contributed by atoms with Gasteiger partial charge in [-0.3, -0.25) is 4.68 Å². The summed E-state index contributed by atoms with van der Waals surface area (Å²) >= 11 is 0. The predicted molar refractivity (Wildman–Crippen MR) is 86.4 cm³/mol. The number of nitrogens with zero attached hydrogens (tertiary/aromatic N) is 2. The van der Waals surface area contributed by atoms with E-state index in [2.05, 4.69) is 47.8 Å². The SMILES string of the molecule is CCCNC(c1cnn(C)c1)c1ccccc1C1CCC1. The summed E-state index contributed by atoms with van der Waals surface area (Å²) in [6.45, 7) is 3.24. The summed E-state index contributed by atoms with van der Waals surface area (Å²) < 4.78 is 1.89. The van der Waals surface area contributed by atoms with Crippen LogP contribution in [0, 0.1) is 0 Å². The van der Waals surface area contributed by atoms with Gasteiger partial charge in [0.25, 0.3) is 0 Å². The van der Waals surface area contributed by atoms with Gasteiger partial charge in [0, 0.05) is 18.8 Å². The Balaban J connectivity index is 1.95. The van der Waals surface area contributed by atoms with Gasteiger partial charge in [0.1, 0.15) is 0 Å². The van der Waals surface area contributed by atoms with Crippen LogP contribution >= 0.6 is 0 Å². The van der Waals surface area contributed by atoms with Crippen molar-refractivity contribution in [2.24, 2.45) is 7.05 Å². The maximum absolute atomic E-state index is 4.36. The van der Waals surface area contributed by atoms with E-state index in [4.69, 9.17) is 0 Å². The van der Waals surface area contributed by atoms with E-state index >= 15 is 0 Å². The maximum atomic E-state index is 4.36. The van der Waals surface area contributed by atoms with Gasteiger partial charge < -0.3 is 5.32 Å². The van der Waals surface area contributed by atoms with Crippen LogP contribution in [0.1, 0.15) is 61.3 Å². The lowest BCUT2D eigenvalue weighted by atomic mass is 9.76. The smallest absolute Gasteiger partial charge is 0.0610 e. The zero-order valence-electron chi connectivity index (χ0n) is 13.0. The summed E-state index contributed by atoms with van der Waals surface area (Å²) in [5, 5.41) is 8.06. The summed E-state index contributed by atoms with van der Waals surface area (Å²) in [5.41, 5.74) is 4.22. The highest BCUT2D eigenvalue weighted by Gasteiger charge is 2.25. The lowest BCUT2D eigenvalue weighted by molar-refractivity contribution is 0.414. The summed E-state index contributed by atoms with van der Waals surface area (Å²) in [6, 6.07) is 9.20. The zero-order valence-corrected chi connectivity index (χ0v) is 13.0. The Bertz CT molecular complexity index is 584. The van der Waals surface area contributed by atoms with Gasteiger partial charge in [-0.15, -0.1) is 0 Å². The van der Waals surface area contributed by atoms with Crippen LogP contribution in [0.15, 0.2) is 36.7 Å². The Hall–Kier alpha value is -1.61. The molecule has 3 rings (SSSR count). The quantitative estimate of drug-likeness (QED) is 0.874. The number of aromatic nitrogens is 2. The molecule has 1 unspecified atom stereocenters. The molecule has 0 radical (unpaired) electrons. The Morgan fingerprint density at radius 2 is 2.14 bits per heavy atom. The third kappa shape index (κ3) is 3.03. The van der Waals surface area contributed by atoms with E-state index in [1.54, 1.807) is 0 Å². The summed E-state index contributed by atoms with van der Waals surface area (Å²) in [4.78, 5) is 0. The van der Waals surface area contributed by atoms with Gasteiger partial charge in [-0.2, -0.15) is 5.10 Å². The number of hydrogen-bond acceptors (Lipinski definition) is 2. The molecular weight excluding hydrogens is 258 g/mol. The van der Waals surface area contributed by atoms with E-state index < -0.39 is 0 Å². The number of aryl methyl sites for hydroxylation is 1. The van der Waals surface area contributed by atoms with E-state index in [1.807, 2.05) is 17.9 Å². The van der Waals surface area contributed by atoms with Crippen LogP contribution in [0.2, 0.25) is 0 Å². The molecule has 0 spiro atoms. The van der Waals surface area contributed by atoms with E-state index in [9.17, 15) is 0 Å². The van der Waals surface area contributed by atoms with Gasteiger partial charge in [0.2, 0.25) is 0 Å². The molecule has 1 aromatic carbocycles. The second-order valence-electron chi connectivity index (χ2n) is 6.09. The molecular formula is C18H25N3. The topological polar surface area (TPSA) is 29.9 Å². The van der Waals surface area contributed by atoms with Crippen molar-refractivity contribution in [1.29, 1.82) is 0 Å². The van der Waals surface area contributed by atoms with Gasteiger partial charge >= 0.3 is 0 Å². The molecule has 0 aliphatic heterocycles. The zero-order chi connectivity index (χ0) is 14.7. The van der Waals surface area contributed by atoms with Gasteiger partial charge in [-0.1, -0.05) is 37.6 Å². The third-order valence-corrected chi connectivity index (χ3v) is 4.51. The van der Waals surface area contributed by atoms with Gasteiger partial charge in [0.05, 0.1) is 12.2 Å². The highest BCUT2D eigenvalue weighted by atomic mass is 15.2. The molecule has 0 amide bonds. The highest BCUT2D eigenvalue weighted by molar-refractivity contribution is 5.39. The minimum absolute atomic E-state index is 0.260. The van der Waals surface area contributed by atoms with Crippen molar-refractivity contribution in [3.05, 3.63) is 53.3 Å². The second kappa shape index (κ2) is 6.44. The summed E-state index contributed by atoms with van der Waals surface area (Å²) in [5.74, 6) is 0.754. The predicted octanol–water partition coefficient (Wildman–Crippen LogP) is 3.78. The first-order valence-corrected chi connectivity index (χ1v) is 8.10. The van der Waals surface area contributed by atoms with Gasteiger partial charge in [-0.25, -0.2) is 0 Å². The Kier molecular flexibility index (Phi) is 4.39. The molecule has 1 saturated carbocycles. The number of rotatable bonds is 6. The summed E-state index contributed by atoms with van der Waals surface area (Å²) in [6.07, 6.45) is 9.31. The molecule has 3 nitrogen and oxygen atoms in total. The van der Waals surface area contributed by atoms with E-state index in [1.165, 1.54) is 36.0 Å². The van der Waals surface area contributed by atoms with E-state index in [-0.39, 0.29) is 6.04 Å². The highest BCUT2D eigenvalue weighted by Crippen LogP contribution is 2.40. The molecule has 1 aliphatic rings. The molecule has 112 valence electrons. The fourth-order valence-electron chi connectivity index (χ4n) is 3.15. The van der Waals surface area contributed by atoms with Crippen molar-refractivity contribution < 1.29 is 0 Å². The van der Waals surface area contributed by atoms with Crippen molar-refractivity contribution in [2.45, 2.75) is 44.6 Å². The molecule has 21 heavy (non-hydrogen) atoms. The number of nitrogens with one attached hydrogen (secondary N) is 1. The molecule has 1 N–H and O–H groups in total. The maximum Gasteiger partial charge on any atom is 0.0610 e. The van der Waals surface area contributed by atoms with Gasteiger partial charge in [0.15, 0.2) is 0 Å². The lowest BCUT2D eigenvalue weighted by Crippen LogP contribution is -2.25. The van der Waals surface area contributed by atoms with Crippen molar-refractivity contribution in [1.82, 2.24) is 15.1 Å². The van der Waals surface area contributed by atoms with Crippen LogP contribution in [0.5, 0.6) is 0 Å². The van der Waals surface area contributed by atoms with Crippen molar-refractivity contribution in [2.75, 3.05) is 6.54 Å². The first-order chi connectivity index (χ1) is 10.3. The molecule has 0 saturated heterocycles. The van der Waals surface area contributed by atoms with Crippen LogP contribution in [0.3, 0.4) is 0 Å². The average molecular weight is 283 g/mol. The number of hydrogen-bond donors (Lipinski definition) is 1. The van der Waals surface area contributed by atoms with Crippen molar-refractivity contribution >= 4 is 0 Å². The average Bonchev–Trinajstić information content (AvgIpc) is 2.85. The largest absolute Gasteiger partial charge is 0.306 e. The fourth-order valence-corrected chi connectivity index (χ4v) is 3.15. The van der Waals surface area contributed by atoms with Crippen LogP contribution in [-0.2, 0) is 7.05 Å². The molecule has 1 aromatic heterocycles. The minimum Gasteiger partial charge on any atom is -0.306 e. The Labute approximate surface area is 127 Å². The normalized spacial score (nSPS) is 16.7. The van der Waals surface area contributed by atoms with Crippen LogP contribution in [0.4, 0.5) is 0 Å². The Morgan fingerprint density at radius 1 is 1.33 bits per heavy atom. The van der Waals surface area contributed by atoms with Gasteiger partial charge in [-0.05, 0) is 42.9 Å². The fraction of sp³-hybridized carbons (Fsp3) is 0.500. The first-order valence-electron chi connectivity index (χ1n) is 8.10. The minimum atomic E-state index is 0.260.